The quantitative estimate of drug-likeness (QED) is 0.854. The normalized spacial score (nSPS) is 14.1. The molecule has 0 aliphatic heterocycles. The van der Waals surface area contributed by atoms with Crippen molar-refractivity contribution in [3.05, 3.63) is 71.3 Å². The van der Waals surface area contributed by atoms with Crippen molar-refractivity contribution >= 4 is 0 Å². The van der Waals surface area contributed by atoms with E-state index in [0.717, 1.165) is 12.8 Å². The first kappa shape index (κ1) is 13.8. The predicted octanol–water partition coefficient (Wildman–Crippen LogP) is 4.06. The fourth-order valence-electron chi connectivity index (χ4n) is 2.46. The summed E-state index contributed by atoms with van der Waals surface area (Å²) in [5, 5.41) is 0. The summed E-state index contributed by atoms with van der Waals surface area (Å²) in [6.45, 7) is 4.31. The van der Waals surface area contributed by atoms with Crippen LogP contribution in [0.15, 0.2) is 54.6 Å². The zero-order valence-electron chi connectivity index (χ0n) is 11.9. The third kappa shape index (κ3) is 3.68. The predicted molar refractivity (Wildman–Crippen MR) is 82.1 cm³/mol. The van der Waals surface area contributed by atoms with Gasteiger partial charge in [-0.05, 0) is 36.5 Å². The van der Waals surface area contributed by atoms with Crippen LogP contribution in [0.3, 0.4) is 0 Å². The van der Waals surface area contributed by atoms with Gasteiger partial charge in [-0.3, -0.25) is 0 Å². The van der Waals surface area contributed by atoms with Crippen molar-refractivity contribution in [1.82, 2.24) is 0 Å². The Morgan fingerprint density at radius 1 is 0.895 bits per heavy atom. The van der Waals surface area contributed by atoms with Crippen molar-refractivity contribution in [3.63, 3.8) is 0 Å². The summed E-state index contributed by atoms with van der Waals surface area (Å²) in [7, 11) is 0. The van der Waals surface area contributed by atoms with Gasteiger partial charge in [0.25, 0.3) is 0 Å². The fraction of sp³-hybridized carbons (Fsp3) is 0.333. The molecule has 19 heavy (non-hydrogen) atoms. The van der Waals surface area contributed by atoms with Crippen LogP contribution in [0.4, 0.5) is 0 Å². The zero-order valence-corrected chi connectivity index (χ0v) is 11.9. The van der Waals surface area contributed by atoms with E-state index in [2.05, 4.69) is 62.4 Å². The second-order valence-corrected chi connectivity index (χ2v) is 5.53. The number of benzene rings is 2. The van der Waals surface area contributed by atoms with Gasteiger partial charge < -0.3 is 5.73 Å². The molecule has 2 rings (SSSR count). The van der Waals surface area contributed by atoms with Gasteiger partial charge in [-0.25, -0.2) is 0 Å². The van der Waals surface area contributed by atoms with Gasteiger partial charge in [0.15, 0.2) is 0 Å². The van der Waals surface area contributed by atoms with Gasteiger partial charge in [0.2, 0.25) is 0 Å². The topological polar surface area (TPSA) is 26.0 Å². The first-order valence-corrected chi connectivity index (χ1v) is 7.04. The van der Waals surface area contributed by atoms with Crippen molar-refractivity contribution in [3.8, 4) is 0 Å². The molecular formula is C18H23N. The Hall–Kier alpha value is -1.60. The van der Waals surface area contributed by atoms with Gasteiger partial charge in [0.1, 0.15) is 0 Å². The maximum Gasteiger partial charge on any atom is 0.0421 e. The number of rotatable bonds is 5. The molecule has 0 aromatic heterocycles. The minimum Gasteiger partial charge on any atom is -0.321 e. The zero-order chi connectivity index (χ0) is 13.7. The van der Waals surface area contributed by atoms with Crippen LogP contribution in [0, 0.1) is 0 Å². The molecule has 2 N–H and O–H groups in total. The molecule has 0 fully saturated rings. The monoisotopic (exact) mass is 253 g/mol. The van der Waals surface area contributed by atoms with Crippen LogP contribution in [0.1, 0.15) is 37.0 Å². The van der Waals surface area contributed by atoms with Crippen molar-refractivity contribution < 1.29 is 0 Å². The second-order valence-electron chi connectivity index (χ2n) is 5.53. The van der Waals surface area contributed by atoms with E-state index in [1.807, 2.05) is 6.07 Å². The lowest BCUT2D eigenvalue weighted by Gasteiger charge is -2.25. The Labute approximate surface area is 116 Å². The fourth-order valence-corrected chi connectivity index (χ4v) is 2.46. The van der Waals surface area contributed by atoms with Crippen molar-refractivity contribution in [2.45, 2.75) is 38.6 Å². The Balaban J connectivity index is 2.14. The van der Waals surface area contributed by atoms with Gasteiger partial charge in [0.05, 0.1) is 0 Å². The van der Waals surface area contributed by atoms with Gasteiger partial charge in [0, 0.05) is 5.54 Å². The van der Waals surface area contributed by atoms with E-state index >= 15 is 0 Å². The van der Waals surface area contributed by atoms with Crippen molar-refractivity contribution in [2.75, 3.05) is 0 Å². The highest BCUT2D eigenvalue weighted by Crippen LogP contribution is 2.23. The van der Waals surface area contributed by atoms with Crippen molar-refractivity contribution in [2.24, 2.45) is 5.73 Å². The molecular weight excluding hydrogens is 230 g/mol. The standard InChI is InChI=1S/C18H23N/c1-3-7-15-10-12-17(13-11-15)18(2,19)14-16-8-5-4-6-9-16/h4-6,8-13H,3,7,14,19H2,1-2H3. The Bertz CT molecular complexity index is 497. The summed E-state index contributed by atoms with van der Waals surface area (Å²) >= 11 is 0. The molecule has 1 unspecified atom stereocenters. The third-order valence-corrected chi connectivity index (χ3v) is 3.57. The molecule has 2 aromatic carbocycles. The number of hydrogen-bond acceptors (Lipinski definition) is 1. The average Bonchev–Trinajstić information content (AvgIpc) is 2.40. The summed E-state index contributed by atoms with van der Waals surface area (Å²) in [6.07, 6.45) is 3.18. The van der Waals surface area contributed by atoms with Gasteiger partial charge in [-0.15, -0.1) is 0 Å². The van der Waals surface area contributed by atoms with Crippen LogP contribution < -0.4 is 5.73 Å². The minimum atomic E-state index is -0.313. The molecule has 0 radical (unpaired) electrons. The van der Waals surface area contributed by atoms with E-state index in [1.54, 1.807) is 0 Å². The Morgan fingerprint density at radius 3 is 2.11 bits per heavy atom. The molecule has 0 amide bonds. The number of nitrogens with two attached hydrogens (primary N) is 1. The van der Waals surface area contributed by atoms with E-state index in [0.29, 0.717) is 0 Å². The van der Waals surface area contributed by atoms with Crippen LogP contribution >= 0.6 is 0 Å². The SMILES string of the molecule is CCCc1ccc(C(C)(N)Cc2ccccc2)cc1. The highest BCUT2D eigenvalue weighted by molar-refractivity contribution is 5.30. The highest BCUT2D eigenvalue weighted by atomic mass is 14.7. The summed E-state index contributed by atoms with van der Waals surface area (Å²) in [4.78, 5) is 0. The van der Waals surface area contributed by atoms with Gasteiger partial charge in [-0.1, -0.05) is 67.9 Å². The second kappa shape index (κ2) is 6.03. The lowest BCUT2D eigenvalue weighted by atomic mass is 9.86. The summed E-state index contributed by atoms with van der Waals surface area (Å²) in [6, 6.07) is 19.2. The van der Waals surface area contributed by atoms with E-state index in [1.165, 1.54) is 23.1 Å². The molecule has 0 heterocycles. The lowest BCUT2D eigenvalue weighted by Crippen LogP contribution is -2.35. The van der Waals surface area contributed by atoms with Gasteiger partial charge >= 0.3 is 0 Å². The first-order valence-electron chi connectivity index (χ1n) is 7.04. The molecule has 0 aliphatic carbocycles. The molecule has 0 saturated heterocycles. The lowest BCUT2D eigenvalue weighted by molar-refractivity contribution is 0.491. The first-order chi connectivity index (χ1) is 9.12. The molecule has 1 nitrogen and oxygen atoms in total. The Morgan fingerprint density at radius 2 is 1.53 bits per heavy atom. The summed E-state index contributed by atoms with van der Waals surface area (Å²) in [5.41, 5.74) is 10.1. The van der Waals surface area contributed by atoms with E-state index < -0.39 is 0 Å². The summed E-state index contributed by atoms with van der Waals surface area (Å²) < 4.78 is 0. The minimum absolute atomic E-state index is 0.313. The molecule has 1 atom stereocenters. The molecule has 1 heteroatoms. The van der Waals surface area contributed by atoms with Crippen LogP contribution in [0.5, 0.6) is 0 Å². The van der Waals surface area contributed by atoms with E-state index in [-0.39, 0.29) is 5.54 Å². The maximum atomic E-state index is 6.49. The van der Waals surface area contributed by atoms with Crippen LogP contribution in [-0.4, -0.2) is 0 Å². The smallest absolute Gasteiger partial charge is 0.0421 e. The largest absolute Gasteiger partial charge is 0.321 e. The highest BCUT2D eigenvalue weighted by Gasteiger charge is 2.21. The maximum absolute atomic E-state index is 6.49. The number of aryl methyl sites for hydroxylation is 1. The molecule has 0 saturated carbocycles. The van der Waals surface area contributed by atoms with Crippen LogP contribution in [0.25, 0.3) is 0 Å². The molecule has 2 aromatic rings. The average molecular weight is 253 g/mol. The van der Waals surface area contributed by atoms with Crippen molar-refractivity contribution in [1.29, 1.82) is 0 Å². The van der Waals surface area contributed by atoms with Crippen LogP contribution in [0.2, 0.25) is 0 Å². The number of hydrogen-bond donors (Lipinski definition) is 1. The molecule has 0 spiro atoms. The van der Waals surface area contributed by atoms with E-state index in [9.17, 15) is 0 Å². The van der Waals surface area contributed by atoms with E-state index in [4.69, 9.17) is 5.73 Å². The van der Waals surface area contributed by atoms with Crippen LogP contribution in [-0.2, 0) is 18.4 Å². The molecule has 100 valence electrons. The molecule has 0 bridgehead atoms. The Kier molecular flexibility index (Phi) is 4.39. The summed E-state index contributed by atoms with van der Waals surface area (Å²) in [5.74, 6) is 0. The third-order valence-electron chi connectivity index (χ3n) is 3.57. The molecule has 0 aliphatic rings. The van der Waals surface area contributed by atoms with Gasteiger partial charge in [-0.2, -0.15) is 0 Å².